The third-order valence-corrected chi connectivity index (χ3v) is 2.13. The molecule has 0 unspecified atom stereocenters. The van der Waals surface area contributed by atoms with Gasteiger partial charge in [-0.1, -0.05) is 6.58 Å². The molecule has 0 atom stereocenters. The molecule has 86 valence electrons. The molecule has 1 aromatic rings. The average molecular weight is 224 g/mol. The summed E-state index contributed by atoms with van der Waals surface area (Å²) in [5.41, 5.74) is 1.74. The number of allylic oxidation sites excluding steroid dienone is 1. The molecule has 1 aromatic carbocycles. The van der Waals surface area contributed by atoms with Gasteiger partial charge in [0.1, 0.15) is 18.3 Å². The summed E-state index contributed by atoms with van der Waals surface area (Å²) in [5, 5.41) is 2.70. The molecule has 0 saturated heterocycles. The molecule has 0 heterocycles. The summed E-state index contributed by atoms with van der Waals surface area (Å²) in [7, 11) is 0. The van der Waals surface area contributed by atoms with Crippen molar-refractivity contribution in [2.75, 3.05) is 12.0 Å². The Bertz CT molecular complexity index is 425. The number of nitrogens with one attached hydrogen (secondary N) is 1. The highest BCUT2D eigenvalue weighted by Gasteiger charge is 2.02. The van der Waals surface area contributed by atoms with E-state index in [2.05, 4.69) is 16.9 Å². The smallest absolute Gasteiger partial charge is 0.146 e. The molecule has 16 heavy (non-hydrogen) atoms. The predicted molar refractivity (Wildman–Crippen MR) is 62.8 cm³/mol. The first kappa shape index (κ1) is 12.4. The average Bonchev–Trinajstić information content (AvgIpc) is 2.22. The minimum absolute atomic E-state index is 0.110. The Morgan fingerprint density at radius 3 is 2.69 bits per heavy atom. The molecule has 0 radical (unpaired) electrons. The predicted octanol–water partition coefficient (Wildman–Crippen LogP) is 3.37. The van der Waals surface area contributed by atoms with Gasteiger partial charge >= 0.3 is 0 Å². The molecule has 1 N–H and O–H groups in total. The Balaban J connectivity index is 2.65. The lowest BCUT2D eigenvalue weighted by Crippen LogP contribution is -2.04. The molecule has 0 aromatic heterocycles. The Kier molecular flexibility index (Phi) is 4.17. The summed E-state index contributed by atoms with van der Waals surface area (Å²) in [6.07, 6.45) is 0. The van der Waals surface area contributed by atoms with E-state index in [1.54, 1.807) is 0 Å². The molecule has 0 spiro atoms. The normalized spacial score (nSPS) is 11.4. The highest BCUT2D eigenvalue weighted by Crippen LogP contribution is 2.14. The quantitative estimate of drug-likeness (QED) is 0.779. The number of anilines is 1. The van der Waals surface area contributed by atoms with Crippen molar-refractivity contribution in [3.8, 4) is 0 Å². The number of benzene rings is 1. The van der Waals surface area contributed by atoms with Gasteiger partial charge in [-0.05, 0) is 31.6 Å². The molecular formula is C12H14F2N2. The summed E-state index contributed by atoms with van der Waals surface area (Å²) in [6, 6.07) is 3.25. The van der Waals surface area contributed by atoms with Crippen LogP contribution < -0.4 is 5.32 Å². The molecule has 0 saturated carbocycles. The largest absolute Gasteiger partial charge is 0.364 e. The Morgan fingerprint density at radius 2 is 2.06 bits per heavy atom. The van der Waals surface area contributed by atoms with E-state index in [0.29, 0.717) is 0 Å². The van der Waals surface area contributed by atoms with Crippen molar-refractivity contribution >= 4 is 11.4 Å². The molecule has 4 heteroatoms. The maximum absolute atomic E-state index is 13.2. The summed E-state index contributed by atoms with van der Waals surface area (Å²) in [5.74, 6) is -0.978. The fraction of sp³-hybridized carbons (Fsp3) is 0.250. The fourth-order valence-corrected chi connectivity index (χ4v) is 1.01. The van der Waals surface area contributed by atoms with Gasteiger partial charge in [0, 0.05) is 11.8 Å². The molecular weight excluding hydrogens is 210 g/mol. The van der Waals surface area contributed by atoms with Crippen LogP contribution >= 0.6 is 0 Å². The van der Waals surface area contributed by atoms with E-state index in [0.717, 1.165) is 29.5 Å². The van der Waals surface area contributed by atoms with Gasteiger partial charge in [0.15, 0.2) is 0 Å². The van der Waals surface area contributed by atoms with E-state index in [1.807, 2.05) is 13.8 Å². The number of rotatable bonds is 4. The maximum Gasteiger partial charge on any atom is 0.146 e. The molecule has 1 rings (SSSR count). The molecule has 0 amide bonds. The highest BCUT2D eigenvalue weighted by molar-refractivity contribution is 5.97. The fourth-order valence-electron chi connectivity index (χ4n) is 1.01. The second-order valence-electron chi connectivity index (χ2n) is 3.48. The van der Waals surface area contributed by atoms with Crippen molar-refractivity contribution in [2.24, 2.45) is 4.99 Å². The minimum atomic E-state index is -0.496. The standard InChI is InChI=1S/C12H14F2N2/c1-8(2)9(3)15-7-16-12-6-10(13)4-5-11(12)14/h4-6,16H,1,7H2,2-3H3/b15-9-. The number of aliphatic imine (C=N–C) groups is 1. The molecule has 0 bridgehead atoms. The van der Waals surface area contributed by atoms with E-state index < -0.39 is 11.6 Å². The zero-order valence-electron chi connectivity index (χ0n) is 9.35. The van der Waals surface area contributed by atoms with Crippen molar-refractivity contribution in [1.82, 2.24) is 0 Å². The Labute approximate surface area is 93.7 Å². The van der Waals surface area contributed by atoms with Crippen LogP contribution in [0.5, 0.6) is 0 Å². The van der Waals surface area contributed by atoms with E-state index >= 15 is 0 Å². The van der Waals surface area contributed by atoms with Crippen LogP contribution in [0.15, 0.2) is 35.3 Å². The second-order valence-corrected chi connectivity index (χ2v) is 3.48. The number of hydrogen-bond donors (Lipinski definition) is 1. The van der Waals surface area contributed by atoms with E-state index in [-0.39, 0.29) is 12.4 Å². The molecule has 0 aliphatic rings. The first-order valence-corrected chi connectivity index (χ1v) is 4.86. The van der Waals surface area contributed by atoms with Gasteiger partial charge < -0.3 is 5.32 Å². The zero-order valence-corrected chi connectivity index (χ0v) is 9.35. The lowest BCUT2D eigenvalue weighted by Gasteiger charge is -2.05. The second kappa shape index (κ2) is 5.39. The number of halogens is 2. The number of hydrogen-bond acceptors (Lipinski definition) is 2. The van der Waals surface area contributed by atoms with E-state index in [4.69, 9.17) is 0 Å². The van der Waals surface area contributed by atoms with Crippen molar-refractivity contribution < 1.29 is 8.78 Å². The van der Waals surface area contributed by atoms with Gasteiger partial charge in [0.25, 0.3) is 0 Å². The molecule has 0 aliphatic carbocycles. The third-order valence-electron chi connectivity index (χ3n) is 2.13. The van der Waals surface area contributed by atoms with Crippen LogP contribution in [-0.4, -0.2) is 12.4 Å². The van der Waals surface area contributed by atoms with Gasteiger partial charge in [-0.15, -0.1) is 0 Å². The van der Waals surface area contributed by atoms with Crippen LogP contribution in [0.2, 0.25) is 0 Å². The highest BCUT2D eigenvalue weighted by atomic mass is 19.1. The maximum atomic E-state index is 13.2. The SMILES string of the molecule is C=C(C)/C(C)=N\CNc1cc(F)ccc1F. The van der Waals surface area contributed by atoms with Crippen LogP contribution in [0.25, 0.3) is 0 Å². The zero-order chi connectivity index (χ0) is 12.1. The van der Waals surface area contributed by atoms with Crippen LogP contribution in [-0.2, 0) is 0 Å². The summed E-state index contributed by atoms with van der Waals surface area (Å²) in [4.78, 5) is 4.11. The lowest BCUT2D eigenvalue weighted by molar-refractivity contribution is 0.602. The molecule has 0 aliphatic heterocycles. The van der Waals surface area contributed by atoms with Gasteiger partial charge in [0.2, 0.25) is 0 Å². The van der Waals surface area contributed by atoms with E-state index in [9.17, 15) is 8.78 Å². The summed E-state index contributed by atoms with van der Waals surface area (Å²) < 4.78 is 26.0. The van der Waals surface area contributed by atoms with Crippen LogP contribution in [0, 0.1) is 11.6 Å². The van der Waals surface area contributed by atoms with Crippen molar-refractivity contribution in [2.45, 2.75) is 13.8 Å². The lowest BCUT2D eigenvalue weighted by atomic mass is 10.2. The number of nitrogens with zero attached hydrogens (tertiary/aromatic N) is 1. The minimum Gasteiger partial charge on any atom is -0.364 e. The van der Waals surface area contributed by atoms with Gasteiger partial charge in [0.05, 0.1) is 5.69 Å². The Morgan fingerprint density at radius 1 is 1.38 bits per heavy atom. The summed E-state index contributed by atoms with van der Waals surface area (Å²) in [6.45, 7) is 7.56. The van der Waals surface area contributed by atoms with Crippen molar-refractivity contribution in [1.29, 1.82) is 0 Å². The topological polar surface area (TPSA) is 24.4 Å². The van der Waals surface area contributed by atoms with Crippen molar-refractivity contribution in [3.05, 3.63) is 42.0 Å². The third kappa shape index (κ3) is 3.46. The van der Waals surface area contributed by atoms with E-state index in [1.165, 1.54) is 0 Å². The monoisotopic (exact) mass is 224 g/mol. The van der Waals surface area contributed by atoms with Crippen LogP contribution in [0.1, 0.15) is 13.8 Å². The summed E-state index contributed by atoms with van der Waals surface area (Å²) >= 11 is 0. The molecule has 0 fully saturated rings. The first-order valence-electron chi connectivity index (χ1n) is 4.86. The van der Waals surface area contributed by atoms with Crippen molar-refractivity contribution in [3.63, 3.8) is 0 Å². The van der Waals surface area contributed by atoms with Gasteiger partial charge in [-0.3, -0.25) is 4.99 Å². The van der Waals surface area contributed by atoms with Gasteiger partial charge in [-0.2, -0.15) is 0 Å². The van der Waals surface area contributed by atoms with Crippen LogP contribution in [0.4, 0.5) is 14.5 Å². The van der Waals surface area contributed by atoms with Gasteiger partial charge in [-0.25, -0.2) is 8.78 Å². The Hall–Kier alpha value is -1.71. The molecule has 2 nitrogen and oxygen atoms in total. The first-order chi connectivity index (χ1) is 7.50. The van der Waals surface area contributed by atoms with Crippen LogP contribution in [0.3, 0.4) is 0 Å².